The zero-order valence-electron chi connectivity index (χ0n) is 12.2. The SMILES string of the molecule is O=C(NC[C@@H](O)Cc1ccccc1)[C@@H]1SCCc2sccc21. The highest BCUT2D eigenvalue weighted by Crippen LogP contribution is 2.39. The van der Waals surface area contributed by atoms with Crippen molar-refractivity contribution in [3.8, 4) is 0 Å². The lowest BCUT2D eigenvalue weighted by molar-refractivity contribution is -0.121. The molecule has 2 atom stereocenters. The minimum Gasteiger partial charge on any atom is -0.391 e. The molecule has 1 amide bonds. The molecule has 116 valence electrons. The van der Waals surface area contributed by atoms with Crippen LogP contribution < -0.4 is 5.32 Å². The quantitative estimate of drug-likeness (QED) is 0.884. The third-order valence-corrected chi connectivity index (χ3v) is 5.98. The van der Waals surface area contributed by atoms with Crippen LogP contribution in [0.3, 0.4) is 0 Å². The fourth-order valence-corrected chi connectivity index (χ4v) is 4.95. The number of aliphatic hydroxyl groups is 1. The van der Waals surface area contributed by atoms with Crippen molar-refractivity contribution >= 4 is 29.0 Å². The van der Waals surface area contributed by atoms with Crippen LogP contribution in [0.1, 0.15) is 21.3 Å². The van der Waals surface area contributed by atoms with Crippen molar-refractivity contribution in [1.82, 2.24) is 5.32 Å². The second kappa shape index (κ2) is 7.31. The molecule has 0 unspecified atom stereocenters. The van der Waals surface area contributed by atoms with Crippen molar-refractivity contribution in [3.63, 3.8) is 0 Å². The van der Waals surface area contributed by atoms with E-state index in [0.29, 0.717) is 13.0 Å². The molecule has 0 fully saturated rings. The number of nitrogens with one attached hydrogen (secondary N) is 1. The maximum atomic E-state index is 12.4. The Morgan fingerprint density at radius 2 is 2.14 bits per heavy atom. The van der Waals surface area contributed by atoms with E-state index in [4.69, 9.17) is 0 Å². The van der Waals surface area contributed by atoms with E-state index in [1.165, 1.54) is 4.88 Å². The first-order valence-electron chi connectivity index (χ1n) is 7.41. The predicted octanol–water partition coefficient (Wildman–Crippen LogP) is 2.80. The number of thioether (sulfide) groups is 1. The fraction of sp³-hybridized carbons (Fsp3) is 0.353. The van der Waals surface area contributed by atoms with Gasteiger partial charge in [-0.25, -0.2) is 0 Å². The van der Waals surface area contributed by atoms with Crippen molar-refractivity contribution in [2.45, 2.75) is 24.2 Å². The second-order valence-corrected chi connectivity index (χ2v) is 7.60. The van der Waals surface area contributed by atoms with Crippen LogP contribution in [0.2, 0.25) is 0 Å². The van der Waals surface area contributed by atoms with Crippen molar-refractivity contribution in [2.75, 3.05) is 12.3 Å². The average Bonchev–Trinajstić information content (AvgIpc) is 3.02. The molecule has 3 rings (SSSR count). The number of aliphatic hydroxyl groups excluding tert-OH is 1. The van der Waals surface area contributed by atoms with Crippen LogP contribution in [-0.2, 0) is 17.6 Å². The molecule has 3 nitrogen and oxygen atoms in total. The van der Waals surface area contributed by atoms with Gasteiger partial charge < -0.3 is 10.4 Å². The summed E-state index contributed by atoms with van der Waals surface area (Å²) < 4.78 is 0. The molecular weight excluding hydrogens is 314 g/mol. The summed E-state index contributed by atoms with van der Waals surface area (Å²) in [5, 5.41) is 14.9. The van der Waals surface area contributed by atoms with E-state index in [1.807, 2.05) is 30.3 Å². The molecule has 5 heteroatoms. The summed E-state index contributed by atoms with van der Waals surface area (Å²) in [6.45, 7) is 0.296. The van der Waals surface area contributed by atoms with Crippen molar-refractivity contribution in [1.29, 1.82) is 0 Å². The van der Waals surface area contributed by atoms with Gasteiger partial charge in [0, 0.05) is 17.8 Å². The average molecular weight is 333 g/mol. The third-order valence-electron chi connectivity index (χ3n) is 3.74. The van der Waals surface area contributed by atoms with Gasteiger partial charge in [-0.15, -0.1) is 23.1 Å². The van der Waals surface area contributed by atoms with Gasteiger partial charge in [0.2, 0.25) is 5.91 Å². The Bertz CT molecular complexity index is 627. The van der Waals surface area contributed by atoms with Gasteiger partial charge in [0.25, 0.3) is 0 Å². The Kier molecular flexibility index (Phi) is 5.18. The highest BCUT2D eigenvalue weighted by atomic mass is 32.2. The molecule has 1 aromatic carbocycles. The number of amides is 1. The minimum atomic E-state index is -0.554. The molecule has 1 aliphatic heterocycles. The third kappa shape index (κ3) is 3.72. The van der Waals surface area contributed by atoms with Gasteiger partial charge in [0.05, 0.1) is 6.10 Å². The van der Waals surface area contributed by atoms with Gasteiger partial charge in [-0.05, 0) is 34.7 Å². The number of hydrogen-bond acceptors (Lipinski definition) is 4. The molecule has 0 saturated heterocycles. The first-order chi connectivity index (χ1) is 10.7. The lowest BCUT2D eigenvalue weighted by Crippen LogP contribution is -2.36. The Morgan fingerprint density at radius 3 is 2.95 bits per heavy atom. The number of thiophene rings is 1. The molecule has 0 bridgehead atoms. The van der Waals surface area contributed by atoms with E-state index in [9.17, 15) is 9.90 Å². The molecule has 1 aliphatic rings. The topological polar surface area (TPSA) is 49.3 Å². The number of carbonyl (C=O) groups is 1. The van der Waals surface area contributed by atoms with E-state index in [-0.39, 0.29) is 11.2 Å². The van der Waals surface area contributed by atoms with E-state index >= 15 is 0 Å². The summed E-state index contributed by atoms with van der Waals surface area (Å²) in [5.74, 6) is 0.995. The smallest absolute Gasteiger partial charge is 0.237 e. The predicted molar refractivity (Wildman–Crippen MR) is 92.4 cm³/mol. The molecule has 0 radical (unpaired) electrons. The van der Waals surface area contributed by atoms with E-state index < -0.39 is 6.10 Å². The Hall–Kier alpha value is -1.30. The highest BCUT2D eigenvalue weighted by Gasteiger charge is 2.28. The van der Waals surface area contributed by atoms with Gasteiger partial charge in [-0.2, -0.15) is 0 Å². The number of hydrogen-bond donors (Lipinski definition) is 2. The molecule has 2 N–H and O–H groups in total. The maximum Gasteiger partial charge on any atom is 0.237 e. The lowest BCUT2D eigenvalue weighted by Gasteiger charge is -2.22. The van der Waals surface area contributed by atoms with Gasteiger partial charge >= 0.3 is 0 Å². The zero-order chi connectivity index (χ0) is 15.4. The van der Waals surface area contributed by atoms with Crippen LogP contribution in [0.5, 0.6) is 0 Å². The molecule has 2 heterocycles. The molecule has 22 heavy (non-hydrogen) atoms. The fourth-order valence-electron chi connectivity index (χ4n) is 2.63. The van der Waals surface area contributed by atoms with Crippen LogP contribution >= 0.6 is 23.1 Å². The highest BCUT2D eigenvalue weighted by molar-refractivity contribution is 8.00. The van der Waals surface area contributed by atoms with Crippen LogP contribution in [-0.4, -0.2) is 29.4 Å². The maximum absolute atomic E-state index is 12.4. The van der Waals surface area contributed by atoms with Gasteiger partial charge in [-0.3, -0.25) is 4.79 Å². The summed E-state index contributed by atoms with van der Waals surface area (Å²) in [5.41, 5.74) is 2.23. The summed E-state index contributed by atoms with van der Waals surface area (Å²) in [6, 6.07) is 11.9. The summed E-state index contributed by atoms with van der Waals surface area (Å²) >= 11 is 3.42. The Balaban J connectivity index is 1.53. The molecular formula is C17H19NO2S2. The molecule has 0 aliphatic carbocycles. The first-order valence-corrected chi connectivity index (χ1v) is 9.34. The largest absolute Gasteiger partial charge is 0.391 e. The van der Waals surface area contributed by atoms with Crippen LogP contribution in [0.25, 0.3) is 0 Å². The van der Waals surface area contributed by atoms with Gasteiger partial charge in [0.1, 0.15) is 5.25 Å². The van der Waals surface area contributed by atoms with E-state index in [1.54, 1.807) is 23.1 Å². The van der Waals surface area contributed by atoms with E-state index in [2.05, 4.69) is 16.8 Å². The minimum absolute atomic E-state index is 0.0106. The van der Waals surface area contributed by atoms with Crippen molar-refractivity contribution < 1.29 is 9.90 Å². The number of benzene rings is 1. The molecule has 2 aromatic rings. The van der Waals surface area contributed by atoms with Crippen LogP contribution in [0.4, 0.5) is 0 Å². The molecule has 0 spiro atoms. The Morgan fingerprint density at radius 1 is 1.32 bits per heavy atom. The van der Waals surface area contributed by atoms with Gasteiger partial charge in [-0.1, -0.05) is 30.3 Å². The summed E-state index contributed by atoms with van der Waals surface area (Å²) in [7, 11) is 0. The number of carbonyl (C=O) groups excluding carboxylic acids is 1. The monoisotopic (exact) mass is 333 g/mol. The number of rotatable bonds is 5. The summed E-state index contributed by atoms with van der Waals surface area (Å²) in [4.78, 5) is 13.7. The molecule has 0 saturated carbocycles. The van der Waals surface area contributed by atoms with Crippen molar-refractivity contribution in [2.24, 2.45) is 0 Å². The second-order valence-electron chi connectivity index (χ2n) is 5.39. The normalized spacial score (nSPS) is 18.5. The Labute approximate surface area is 138 Å². The van der Waals surface area contributed by atoms with Crippen LogP contribution in [0.15, 0.2) is 41.8 Å². The molecule has 1 aromatic heterocycles. The number of fused-ring (bicyclic) bond motifs is 1. The van der Waals surface area contributed by atoms with Crippen LogP contribution in [0, 0.1) is 0 Å². The lowest BCUT2D eigenvalue weighted by atomic mass is 10.1. The standard InChI is InChI=1S/C17H19NO2S2/c19-13(10-12-4-2-1-3-5-12)11-18-17(20)16-14-6-8-21-15(14)7-9-22-16/h1-6,8,13,16,19H,7,9-11H2,(H,18,20)/t13-,16+/m0/s1. The number of aryl methyl sites for hydroxylation is 1. The zero-order valence-corrected chi connectivity index (χ0v) is 13.8. The van der Waals surface area contributed by atoms with Gasteiger partial charge in [0.15, 0.2) is 0 Å². The summed E-state index contributed by atoms with van der Waals surface area (Å²) in [6.07, 6.45) is 1.06. The van der Waals surface area contributed by atoms with Crippen molar-refractivity contribution in [3.05, 3.63) is 57.8 Å². The first kappa shape index (κ1) is 15.6. The van der Waals surface area contributed by atoms with E-state index in [0.717, 1.165) is 23.3 Å².